The zero-order valence-corrected chi connectivity index (χ0v) is 15.1. The van der Waals surface area contributed by atoms with Gasteiger partial charge in [-0.25, -0.2) is 9.37 Å². The highest BCUT2D eigenvalue weighted by molar-refractivity contribution is 6.28. The van der Waals surface area contributed by atoms with Crippen LogP contribution in [0.1, 0.15) is 26.0 Å². The van der Waals surface area contributed by atoms with Crippen molar-refractivity contribution in [2.75, 3.05) is 12.3 Å². The third kappa shape index (κ3) is 3.81. The average molecular weight is 404 g/mol. The van der Waals surface area contributed by atoms with Gasteiger partial charge in [0, 0.05) is 0 Å². The summed E-state index contributed by atoms with van der Waals surface area (Å²) in [4.78, 5) is 22.6. The van der Waals surface area contributed by atoms with Gasteiger partial charge < -0.3 is 25.1 Å². The van der Waals surface area contributed by atoms with Crippen molar-refractivity contribution in [3.8, 4) is 0 Å². The van der Waals surface area contributed by atoms with Gasteiger partial charge in [-0.05, 0) is 18.0 Å². The van der Waals surface area contributed by atoms with E-state index in [4.69, 9.17) is 31.5 Å². The number of aliphatic hydroxyl groups is 1. The number of aromatic nitrogens is 4. The number of alkyl halides is 1. The van der Waals surface area contributed by atoms with E-state index in [2.05, 4.69) is 15.0 Å². The van der Waals surface area contributed by atoms with E-state index in [1.807, 2.05) is 6.92 Å². The first kappa shape index (κ1) is 19.7. The van der Waals surface area contributed by atoms with E-state index < -0.39 is 30.9 Å². The molecule has 3 N–H and O–H groups in total. The number of imidazole rings is 1. The van der Waals surface area contributed by atoms with Gasteiger partial charge in [-0.2, -0.15) is 9.97 Å². The third-order valence-electron chi connectivity index (χ3n) is 4.17. The largest absolute Gasteiger partial charge is 0.435 e. The highest BCUT2D eigenvalue weighted by Gasteiger charge is 2.50. The van der Waals surface area contributed by atoms with E-state index >= 15 is 0 Å². The summed E-state index contributed by atoms with van der Waals surface area (Å²) in [6.45, 7) is 2.38. The number of nitrogens with two attached hydrogens (primary N) is 1. The minimum atomic E-state index is -1.87. The Balaban J connectivity index is 1.87. The molecule has 0 radical (unpaired) electrons. The third-order valence-corrected chi connectivity index (χ3v) is 4.33. The topological polar surface area (TPSA) is 135 Å². The van der Waals surface area contributed by atoms with Gasteiger partial charge in [0.2, 0.25) is 11.6 Å². The first-order chi connectivity index (χ1) is 13.0. The van der Waals surface area contributed by atoms with Crippen LogP contribution < -0.4 is 5.73 Å². The Labute approximate surface area is 158 Å². The molecule has 2 aromatic rings. The van der Waals surface area contributed by atoms with Crippen LogP contribution in [-0.2, 0) is 19.0 Å². The quantitative estimate of drug-likeness (QED) is 0.286. The van der Waals surface area contributed by atoms with Crippen molar-refractivity contribution < 1.29 is 28.5 Å². The van der Waals surface area contributed by atoms with E-state index in [0.29, 0.717) is 6.42 Å². The molecule has 5 atom stereocenters. The lowest BCUT2D eigenvalue weighted by molar-refractivity contribution is -0.211. The van der Waals surface area contributed by atoms with E-state index in [1.165, 1.54) is 10.9 Å². The number of carbonyl (C=O) groups excluding carboxylic acids is 1. The Morgan fingerprint density at radius 1 is 1.56 bits per heavy atom. The second-order valence-corrected chi connectivity index (χ2v) is 6.29. The van der Waals surface area contributed by atoms with Crippen molar-refractivity contribution in [2.24, 2.45) is 0 Å². The zero-order valence-electron chi connectivity index (χ0n) is 14.4. The Bertz CT molecular complexity index is 808. The van der Waals surface area contributed by atoms with Crippen molar-refractivity contribution in [3.63, 3.8) is 0 Å². The van der Waals surface area contributed by atoms with Gasteiger partial charge in [0.15, 0.2) is 30.0 Å². The van der Waals surface area contributed by atoms with Crippen LogP contribution in [0.15, 0.2) is 6.33 Å². The Morgan fingerprint density at radius 2 is 2.33 bits per heavy atom. The van der Waals surface area contributed by atoms with Crippen LogP contribution in [0.3, 0.4) is 0 Å². The molecule has 148 valence electrons. The number of rotatable bonds is 8. The number of hydrogen-bond donors (Lipinski definition) is 2. The molecule has 0 saturated carbocycles. The fourth-order valence-corrected chi connectivity index (χ4v) is 2.99. The van der Waals surface area contributed by atoms with Crippen molar-refractivity contribution in [2.45, 2.75) is 50.7 Å². The van der Waals surface area contributed by atoms with Crippen LogP contribution in [0.25, 0.3) is 11.2 Å². The number of nitrogen functional groups attached to an aromatic ring is 1. The number of ether oxygens (including phenoxy) is 3. The maximum atomic E-state index is 14.8. The van der Waals surface area contributed by atoms with Crippen molar-refractivity contribution in [3.05, 3.63) is 11.6 Å². The molecule has 1 unspecified atom stereocenters. The number of unbranched alkanes of at least 4 members (excludes halogenated alkanes) is 1. The van der Waals surface area contributed by atoms with Crippen LogP contribution in [-0.4, -0.2) is 62.4 Å². The van der Waals surface area contributed by atoms with Gasteiger partial charge in [0.1, 0.15) is 11.6 Å². The molecule has 3 heterocycles. The monoisotopic (exact) mass is 403 g/mol. The van der Waals surface area contributed by atoms with E-state index in [-0.39, 0.29) is 35.3 Å². The number of fused-ring (bicyclic) bond motifs is 1. The number of anilines is 1. The summed E-state index contributed by atoms with van der Waals surface area (Å²) in [7, 11) is 0. The van der Waals surface area contributed by atoms with Gasteiger partial charge in [-0.1, -0.05) is 13.3 Å². The lowest BCUT2D eigenvalue weighted by Crippen LogP contribution is -2.40. The fraction of sp³-hybridized carbons (Fsp3) is 0.600. The number of halogens is 2. The summed E-state index contributed by atoms with van der Waals surface area (Å²) in [6.07, 6.45) is -4.46. The van der Waals surface area contributed by atoms with E-state index in [9.17, 15) is 14.3 Å². The molecular weight excluding hydrogens is 385 g/mol. The molecule has 12 heteroatoms. The van der Waals surface area contributed by atoms with Crippen molar-refractivity contribution >= 4 is 35.1 Å². The lowest BCUT2D eigenvalue weighted by Gasteiger charge is -2.23. The summed E-state index contributed by atoms with van der Waals surface area (Å²) >= 11 is 5.81. The fourth-order valence-electron chi connectivity index (χ4n) is 2.82. The number of carbonyl (C=O) groups is 1. The molecule has 2 aromatic heterocycles. The predicted octanol–water partition coefficient (Wildman–Crippen LogP) is 0.974. The molecule has 1 aliphatic heterocycles. The van der Waals surface area contributed by atoms with Crippen LogP contribution in [0.4, 0.5) is 10.2 Å². The van der Waals surface area contributed by atoms with E-state index in [1.54, 1.807) is 0 Å². The van der Waals surface area contributed by atoms with Gasteiger partial charge in [-0.15, -0.1) is 0 Å². The van der Waals surface area contributed by atoms with Gasteiger partial charge in [0.25, 0.3) is 6.47 Å². The first-order valence-electron chi connectivity index (χ1n) is 8.31. The molecule has 27 heavy (non-hydrogen) atoms. The van der Waals surface area contributed by atoms with Gasteiger partial charge >= 0.3 is 0 Å². The molecule has 1 aliphatic rings. The predicted molar refractivity (Wildman–Crippen MR) is 91.4 cm³/mol. The molecule has 1 fully saturated rings. The smallest absolute Gasteiger partial charge is 0.295 e. The maximum Gasteiger partial charge on any atom is 0.295 e. The zero-order chi connectivity index (χ0) is 19.6. The minimum absolute atomic E-state index is 0.0271. The maximum absolute atomic E-state index is 14.8. The number of nitrogens with zero attached hydrogens (tertiary/aromatic N) is 4. The summed E-state index contributed by atoms with van der Waals surface area (Å²) < 4.78 is 31.9. The van der Waals surface area contributed by atoms with Crippen LogP contribution in [0, 0.1) is 0 Å². The minimum Gasteiger partial charge on any atom is -0.435 e. The number of aliphatic hydroxyl groups excluding tert-OH is 1. The summed E-state index contributed by atoms with van der Waals surface area (Å²) in [6, 6.07) is 0. The summed E-state index contributed by atoms with van der Waals surface area (Å²) in [5.41, 5.74) is 6.10. The molecule has 10 nitrogen and oxygen atoms in total. The molecule has 0 spiro atoms. The van der Waals surface area contributed by atoms with Crippen molar-refractivity contribution in [1.29, 1.82) is 0 Å². The van der Waals surface area contributed by atoms with Gasteiger partial charge in [0.05, 0.1) is 12.9 Å². The Morgan fingerprint density at radius 3 is 3.04 bits per heavy atom. The SMILES string of the molecule is CCCCOC(OC=O)[C@@H]1O[C@@H](n2cnc3c(N)nc(Cl)nc32)[C@@H](F)[C@@H]1O. The van der Waals surface area contributed by atoms with Crippen LogP contribution in [0.5, 0.6) is 0 Å². The normalized spacial score (nSPS) is 26.4. The van der Waals surface area contributed by atoms with Crippen LogP contribution >= 0.6 is 11.6 Å². The van der Waals surface area contributed by atoms with E-state index in [0.717, 1.165) is 6.42 Å². The Hall–Kier alpha value is -2.08. The van der Waals surface area contributed by atoms with Crippen LogP contribution in [0.2, 0.25) is 5.28 Å². The highest BCUT2D eigenvalue weighted by Crippen LogP contribution is 2.36. The summed E-state index contributed by atoms with van der Waals surface area (Å²) in [5, 5.41) is 10.1. The second-order valence-electron chi connectivity index (χ2n) is 5.95. The molecule has 3 rings (SSSR count). The highest BCUT2D eigenvalue weighted by atomic mass is 35.5. The van der Waals surface area contributed by atoms with Crippen molar-refractivity contribution in [1.82, 2.24) is 19.5 Å². The summed E-state index contributed by atoms with van der Waals surface area (Å²) in [5.74, 6) is 0.0271. The molecule has 0 aliphatic carbocycles. The lowest BCUT2D eigenvalue weighted by atomic mass is 10.1. The van der Waals surface area contributed by atoms with Gasteiger partial charge in [-0.3, -0.25) is 9.36 Å². The second kappa shape index (κ2) is 8.30. The molecule has 0 amide bonds. The molecule has 0 aromatic carbocycles. The average Bonchev–Trinajstić information content (AvgIpc) is 3.17. The standard InChI is InChI=1S/C15H19ClFN5O5/c1-2-3-4-25-14(26-6-23)10-9(24)7(17)13(27-10)22-5-19-8-11(18)20-15(16)21-12(8)22/h5-7,9-10,13-14,24H,2-4H2,1H3,(H2,18,20,21)/t7-,9-,10+,13+,14?/m0/s1. The molecular formula is C15H19ClFN5O5. The molecule has 0 bridgehead atoms. The number of hydrogen-bond acceptors (Lipinski definition) is 9. The molecule has 1 saturated heterocycles. The Kier molecular flexibility index (Phi) is 6.05. The first-order valence-corrected chi connectivity index (χ1v) is 8.69.